The fraction of sp³-hybridized carbons (Fsp3) is 0.556. The molecule has 1 saturated heterocycles. The smallest absolute Gasteiger partial charge is 0.270 e. The molecular formula is C18H23N5O. The van der Waals surface area contributed by atoms with Gasteiger partial charge in [-0.1, -0.05) is 0 Å². The molecule has 0 radical (unpaired) electrons. The lowest BCUT2D eigenvalue weighted by Gasteiger charge is -2.38. The van der Waals surface area contributed by atoms with E-state index < -0.39 is 0 Å². The molecule has 4 heterocycles. The maximum Gasteiger partial charge on any atom is 0.270 e. The first-order valence-corrected chi connectivity index (χ1v) is 8.87. The van der Waals surface area contributed by atoms with Gasteiger partial charge in [-0.3, -0.25) is 14.4 Å². The van der Waals surface area contributed by atoms with Gasteiger partial charge >= 0.3 is 0 Å². The van der Waals surface area contributed by atoms with Crippen molar-refractivity contribution in [1.82, 2.24) is 24.1 Å². The average molecular weight is 325 g/mol. The third-order valence-electron chi connectivity index (χ3n) is 5.67. The largest absolute Gasteiger partial charge is 0.337 e. The number of rotatable bonds is 4. The zero-order valence-electron chi connectivity index (χ0n) is 14.0. The van der Waals surface area contributed by atoms with Crippen LogP contribution in [0.1, 0.15) is 34.9 Å². The van der Waals surface area contributed by atoms with E-state index >= 15 is 0 Å². The standard InChI is InChI=1S/C18H23N5O/c1-20-8-14(7-19-20)9-21-11-16-17(12-21)23(10-13-4-5-13)18(24)15-3-2-6-22(15)16/h2-3,6-8,13,16-17H,4-5,9-12H2,1H3/t16-,17-/m1/s1. The summed E-state index contributed by atoms with van der Waals surface area (Å²) in [5, 5.41) is 4.27. The Morgan fingerprint density at radius 3 is 2.83 bits per heavy atom. The molecule has 2 aromatic rings. The first-order chi connectivity index (χ1) is 11.7. The fourth-order valence-electron chi connectivity index (χ4n) is 4.33. The molecule has 2 fully saturated rings. The number of hydrogen-bond acceptors (Lipinski definition) is 3. The molecule has 0 spiro atoms. The van der Waals surface area contributed by atoms with Crippen LogP contribution in [-0.4, -0.2) is 55.7 Å². The first-order valence-electron chi connectivity index (χ1n) is 8.87. The second-order valence-corrected chi connectivity index (χ2v) is 7.55. The van der Waals surface area contributed by atoms with Gasteiger partial charge in [-0.05, 0) is 30.9 Å². The highest BCUT2D eigenvalue weighted by Crippen LogP contribution is 2.38. The molecule has 5 rings (SSSR count). The van der Waals surface area contributed by atoms with Crippen molar-refractivity contribution < 1.29 is 4.79 Å². The molecule has 2 aromatic heterocycles. The Morgan fingerprint density at radius 1 is 1.25 bits per heavy atom. The average Bonchev–Trinajstić information content (AvgIpc) is 2.96. The minimum absolute atomic E-state index is 0.219. The second kappa shape index (κ2) is 5.21. The molecule has 0 N–H and O–H groups in total. The Labute approximate surface area is 141 Å². The minimum Gasteiger partial charge on any atom is -0.337 e. The highest BCUT2D eigenvalue weighted by atomic mass is 16.2. The van der Waals surface area contributed by atoms with Crippen molar-refractivity contribution in [2.24, 2.45) is 13.0 Å². The summed E-state index contributed by atoms with van der Waals surface area (Å²) in [5.41, 5.74) is 2.10. The van der Waals surface area contributed by atoms with Crippen molar-refractivity contribution in [3.8, 4) is 0 Å². The van der Waals surface area contributed by atoms with Gasteiger partial charge in [-0.2, -0.15) is 5.10 Å². The zero-order chi connectivity index (χ0) is 16.3. The molecule has 126 valence electrons. The number of likely N-dealkylation sites (tertiary alicyclic amines) is 1. The Morgan fingerprint density at radius 2 is 2.08 bits per heavy atom. The lowest BCUT2D eigenvalue weighted by molar-refractivity contribution is 0.0565. The molecular weight excluding hydrogens is 302 g/mol. The van der Waals surface area contributed by atoms with Crippen LogP contribution in [0.2, 0.25) is 0 Å². The van der Waals surface area contributed by atoms with E-state index in [9.17, 15) is 4.79 Å². The van der Waals surface area contributed by atoms with E-state index in [-0.39, 0.29) is 5.91 Å². The highest BCUT2D eigenvalue weighted by Gasteiger charge is 2.46. The number of carbonyl (C=O) groups excluding carboxylic acids is 1. The maximum atomic E-state index is 12.9. The van der Waals surface area contributed by atoms with Crippen LogP contribution in [-0.2, 0) is 13.6 Å². The van der Waals surface area contributed by atoms with Crippen LogP contribution in [0.5, 0.6) is 0 Å². The van der Waals surface area contributed by atoms with Gasteiger partial charge < -0.3 is 9.47 Å². The number of nitrogens with zero attached hydrogens (tertiary/aromatic N) is 5. The number of aromatic nitrogens is 3. The normalized spacial score (nSPS) is 26.7. The second-order valence-electron chi connectivity index (χ2n) is 7.55. The quantitative estimate of drug-likeness (QED) is 0.856. The number of aryl methyl sites for hydroxylation is 1. The molecule has 0 bridgehead atoms. The van der Waals surface area contributed by atoms with Crippen LogP contribution in [0.15, 0.2) is 30.7 Å². The van der Waals surface area contributed by atoms with Gasteiger partial charge in [0.1, 0.15) is 5.69 Å². The maximum absolute atomic E-state index is 12.9. The van der Waals surface area contributed by atoms with Crippen molar-refractivity contribution in [1.29, 1.82) is 0 Å². The molecule has 6 heteroatoms. The summed E-state index contributed by atoms with van der Waals surface area (Å²) < 4.78 is 4.06. The Kier molecular flexibility index (Phi) is 3.10. The van der Waals surface area contributed by atoms with Crippen molar-refractivity contribution in [3.63, 3.8) is 0 Å². The van der Waals surface area contributed by atoms with E-state index in [1.54, 1.807) is 0 Å². The van der Waals surface area contributed by atoms with Crippen LogP contribution in [0, 0.1) is 5.92 Å². The van der Waals surface area contributed by atoms with E-state index in [4.69, 9.17) is 0 Å². The van der Waals surface area contributed by atoms with Gasteiger partial charge in [-0.15, -0.1) is 0 Å². The monoisotopic (exact) mass is 325 g/mol. The van der Waals surface area contributed by atoms with Gasteiger partial charge in [0.15, 0.2) is 0 Å². The van der Waals surface area contributed by atoms with E-state index in [1.807, 2.05) is 30.1 Å². The van der Waals surface area contributed by atoms with Crippen molar-refractivity contribution in [2.45, 2.75) is 31.5 Å². The minimum atomic E-state index is 0.219. The molecule has 0 unspecified atom stereocenters. The lowest BCUT2D eigenvalue weighted by atomic mass is 10.1. The summed E-state index contributed by atoms with van der Waals surface area (Å²) >= 11 is 0. The Balaban J connectivity index is 1.42. The van der Waals surface area contributed by atoms with Crippen LogP contribution < -0.4 is 0 Å². The van der Waals surface area contributed by atoms with Gasteiger partial charge in [0.05, 0.1) is 18.3 Å². The number of fused-ring (bicyclic) bond motifs is 3. The van der Waals surface area contributed by atoms with Crippen molar-refractivity contribution >= 4 is 5.91 Å². The third kappa shape index (κ3) is 2.28. The summed E-state index contributed by atoms with van der Waals surface area (Å²) in [6.45, 7) is 3.79. The summed E-state index contributed by atoms with van der Waals surface area (Å²) in [6, 6.07) is 4.66. The predicted molar refractivity (Wildman–Crippen MR) is 89.5 cm³/mol. The summed E-state index contributed by atoms with van der Waals surface area (Å²) in [4.78, 5) is 17.6. The third-order valence-corrected chi connectivity index (χ3v) is 5.67. The first kappa shape index (κ1) is 14.3. The lowest BCUT2D eigenvalue weighted by Crippen LogP contribution is -2.51. The molecule has 24 heavy (non-hydrogen) atoms. The number of amides is 1. The van der Waals surface area contributed by atoms with Crippen LogP contribution >= 0.6 is 0 Å². The zero-order valence-corrected chi connectivity index (χ0v) is 14.0. The SMILES string of the molecule is Cn1cc(CN2C[C@@H]3[C@@H](C2)n2cccc2C(=O)N3CC2CC2)cn1. The molecule has 1 aliphatic carbocycles. The number of carbonyl (C=O) groups is 1. The van der Waals surface area contributed by atoms with E-state index in [2.05, 4.69) is 31.9 Å². The van der Waals surface area contributed by atoms with Gasteiger partial charge in [0.2, 0.25) is 0 Å². The van der Waals surface area contributed by atoms with Crippen LogP contribution in [0.25, 0.3) is 0 Å². The molecule has 0 aromatic carbocycles. The summed E-state index contributed by atoms with van der Waals surface area (Å²) in [7, 11) is 1.95. The summed E-state index contributed by atoms with van der Waals surface area (Å²) in [6.07, 6.45) is 8.66. The van der Waals surface area contributed by atoms with Crippen LogP contribution in [0.4, 0.5) is 0 Å². The summed E-state index contributed by atoms with van der Waals surface area (Å²) in [5.74, 6) is 0.944. The van der Waals surface area contributed by atoms with Crippen LogP contribution in [0.3, 0.4) is 0 Å². The molecule has 3 aliphatic rings. The Bertz CT molecular complexity index is 774. The number of hydrogen-bond donors (Lipinski definition) is 0. The van der Waals surface area contributed by atoms with Gasteiger partial charge in [-0.25, -0.2) is 0 Å². The molecule has 2 aliphatic heterocycles. The Hall–Kier alpha value is -2.08. The highest BCUT2D eigenvalue weighted by molar-refractivity contribution is 5.94. The van der Waals surface area contributed by atoms with Crippen molar-refractivity contribution in [2.75, 3.05) is 19.6 Å². The van der Waals surface area contributed by atoms with E-state index in [0.29, 0.717) is 12.1 Å². The predicted octanol–water partition coefficient (Wildman–Crippen LogP) is 1.51. The molecule has 2 atom stereocenters. The van der Waals surface area contributed by atoms with Crippen molar-refractivity contribution in [3.05, 3.63) is 42.0 Å². The van der Waals surface area contributed by atoms with E-state index in [1.165, 1.54) is 18.4 Å². The fourth-order valence-corrected chi connectivity index (χ4v) is 4.33. The van der Waals surface area contributed by atoms with Gasteiger partial charge in [0, 0.05) is 51.2 Å². The molecule has 1 amide bonds. The molecule has 6 nitrogen and oxygen atoms in total. The topological polar surface area (TPSA) is 46.3 Å². The van der Waals surface area contributed by atoms with E-state index in [0.717, 1.165) is 37.8 Å². The van der Waals surface area contributed by atoms with Gasteiger partial charge in [0.25, 0.3) is 5.91 Å². The molecule has 1 saturated carbocycles.